The molecule has 208 valence electrons. The van der Waals surface area contributed by atoms with Crippen LogP contribution in [-0.4, -0.2) is 61.5 Å². The number of benzene rings is 1. The van der Waals surface area contributed by atoms with Gasteiger partial charge in [-0.2, -0.15) is 10.2 Å². The number of aromatic nitrogens is 5. The molecule has 4 aromatic rings. The minimum absolute atomic E-state index is 0.107. The number of carbonyl (C=O) groups excluding carboxylic acids is 1. The van der Waals surface area contributed by atoms with Gasteiger partial charge in [-0.3, -0.25) is 18.7 Å². The summed E-state index contributed by atoms with van der Waals surface area (Å²) in [5, 5.41) is 21.2. The second-order valence-electron chi connectivity index (χ2n) is 9.01. The van der Waals surface area contributed by atoms with Crippen molar-refractivity contribution in [3.63, 3.8) is 0 Å². The normalized spacial score (nSPS) is 12.3. The monoisotopic (exact) mass is 560 g/mol. The van der Waals surface area contributed by atoms with Gasteiger partial charge >= 0.3 is 5.69 Å². The van der Waals surface area contributed by atoms with E-state index in [-0.39, 0.29) is 31.2 Å². The number of hydrogen-bond donors (Lipinski definition) is 2. The first kappa shape index (κ1) is 28.1. The summed E-state index contributed by atoms with van der Waals surface area (Å²) in [7, 11) is 1.42. The van der Waals surface area contributed by atoms with Crippen molar-refractivity contribution in [2.45, 2.75) is 46.0 Å². The fourth-order valence-corrected chi connectivity index (χ4v) is 5.48. The minimum Gasteiger partial charge on any atom is -0.496 e. The molecule has 0 saturated carbocycles. The Labute approximate surface area is 226 Å². The second kappa shape index (κ2) is 11.9. The lowest BCUT2D eigenvalue weighted by molar-refractivity contribution is -0.122. The fraction of sp³-hybridized carbons (Fsp3) is 0.400. The number of aryl methyl sites for hydroxylation is 1. The minimum atomic E-state index is -0.951. The highest BCUT2D eigenvalue weighted by atomic mass is 32.1. The molecule has 4 rings (SSSR count). The smallest absolute Gasteiger partial charge is 0.332 e. The Morgan fingerprint density at radius 2 is 1.92 bits per heavy atom. The quantitative estimate of drug-likeness (QED) is 0.281. The summed E-state index contributed by atoms with van der Waals surface area (Å²) in [5.41, 5.74) is -0.545. The van der Waals surface area contributed by atoms with Gasteiger partial charge in [0.1, 0.15) is 34.0 Å². The maximum Gasteiger partial charge on any atom is 0.332 e. The molecular weight excluding hydrogens is 531 g/mol. The number of ether oxygens (including phenoxy) is 2. The molecule has 39 heavy (non-hydrogen) atoms. The number of thiophene rings is 1. The lowest BCUT2D eigenvalue weighted by Gasteiger charge is -2.22. The summed E-state index contributed by atoms with van der Waals surface area (Å²) in [6.45, 7) is 4.15. The molecule has 1 unspecified atom stereocenters. The van der Waals surface area contributed by atoms with Crippen LogP contribution < -0.4 is 21.3 Å². The molecule has 0 saturated heterocycles. The number of nitrogens with zero attached hydrogens (tertiary/aromatic N) is 5. The number of halogens is 1. The van der Waals surface area contributed by atoms with Crippen molar-refractivity contribution in [1.82, 2.24) is 29.4 Å². The number of fused-ring (bicyclic) bond motifs is 1. The van der Waals surface area contributed by atoms with E-state index in [1.807, 2.05) is 0 Å². The highest BCUT2D eigenvalue weighted by Gasteiger charge is 2.26. The molecular formula is C25H29FN6O6S. The van der Waals surface area contributed by atoms with Crippen LogP contribution in [0.4, 0.5) is 4.39 Å². The largest absolute Gasteiger partial charge is 0.496 e. The fourth-order valence-electron chi connectivity index (χ4n) is 4.26. The van der Waals surface area contributed by atoms with Crippen molar-refractivity contribution in [1.29, 1.82) is 0 Å². The van der Waals surface area contributed by atoms with Crippen LogP contribution in [-0.2, 0) is 22.6 Å². The third-order valence-corrected chi connectivity index (χ3v) is 7.20. The van der Waals surface area contributed by atoms with Gasteiger partial charge in [-0.1, -0.05) is 11.3 Å². The van der Waals surface area contributed by atoms with Gasteiger partial charge in [-0.05, 0) is 39.0 Å². The number of hydrogen-bond acceptors (Lipinski definition) is 9. The molecule has 1 amide bonds. The number of rotatable bonds is 11. The zero-order valence-corrected chi connectivity index (χ0v) is 22.7. The molecule has 0 bridgehead atoms. The number of methoxy groups -OCH3 is 1. The predicted molar refractivity (Wildman–Crippen MR) is 142 cm³/mol. The van der Waals surface area contributed by atoms with Gasteiger partial charge < -0.3 is 19.9 Å². The van der Waals surface area contributed by atoms with Crippen LogP contribution in [0, 0.1) is 12.7 Å². The van der Waals surface area contributed by atoms with Crippen molar-refractivity contribution in [2.75, 3.05) is 20.3 Å². The summed E-state index contributed by atoms with van der Waals surface area (Å²) in [6.07, 6.45) is 2.02. The Hall–Kier alpha value is -3.88. The van der Waals surface area contributed by atoms with Gasteiger partial charge in [-0.15, -0.1) is 4.80 Å². The molecule has 3 aromatic heterocycles. The molecule has 3 heterocycles. The third-order valence-electron chi connectivity index (χ3n) is 5.92. The molecule has 1 atom stereocenters. The Balaban J connectivity index is 1.95. The molecule has 1 aromatic carbocycles. The summed E-state index contributed by atoms with van der Waals surface area (Å²) >= 11 is 1.13. The SMILES string of the molecule is COc1ccc(F)cc1C(Cn1c(=O)n(CC(=O)NC(C)C)c(=O)c2c(C)c(-n3nccn3)sc21)OCCO. The van der Waals surface area contributed by atoms with Crippen molar-refractivity contribution < 1.29 is 23.8 Å². The van der Waals surface area contributed by atoms with Crippen LogP contribution in [0.15, 0.2) is 40.2 Å². The second-order valence-corrected chi connectivity index (χ2v) is 9.98. The molecule has 0 aliphatic heterocycles. The first-order chi connectivity index (χ1) is 18.7. The third kappa shape index (κ3) is 5.77. The van der Waals surface area contributed by atoms with Gasteiger partial charge in [0.15, 0.2) is 0 Å². The number of amides is 1. The van der Waals surface area contributed by atoms with Gasteiger partial charge in [0.25, 0.3) is 5.56 Å². The number of aliphatic hydroxyl groups is 1. The zero-order valence-electron chi connectivity index (χ0n) is 21.9. The molecule has 14 heteroatoms. The molecule has 0 fully saturated rings. The summed E-state index contributed by atoms with van der Waals surface area (Å²) in [4.78, 5) is 41.7. The Bertz CT molecular complexity index is 1590. The lowest BCUT2D eigenvalue weighted by atomic mass is 10.1. The Kier molecular flexibility index (Phi) is 8.57. The lowest BCUT2D eigenvalue weighted by Crippen LogP contribution is -2.45. The van der Waals surface area contributed by atoms with E-state index in [1.54, 1.807) is 20.8 Å². The van der Waals surface area contributed by atoms with Crippen molar-refractivity contribution in [3.8, 4) is 10.8 Å². The standard InChI is InChI=1S/C25H29FN6O6S/c1-14(2)29-20(34)13-30-22(35)21-15(3)23(32-27-7-8-28-32)39-24(21)31(25(30)36)12-19(38-10-9-33)17-11-16(26)5-6-18(17)37-4/h5-8,11,14,19,33H,9-10,12-13H2,1-4H3,(H,29,34). The highest BCUT2D eigenvalue weighted by Crippen LogP contribution is 2.33. The highest BCUT2D eigenvalue weighted by molar-refractivity contribution is 7.21. The number of aliphatic hydroxyl groups excluding tert-OH is 1. The van der Waals surface area contributed by atoms with Crippen LogP contribution in [0.2, 0.25) is 0 Å². The number of carbonyl (C=O) groups is 1. The molecule has 0 radical (unpaired) electrons. The van der Waals surface area contributed by atoms with Gasteiger partial charge in [0, 0.05) is 17.2 Å². The van der Waals surface area contributed by atoms with Crippen LogP contribution in [0.5, 0.6) is 5.75 Å². The Morgan fingerprint density at radius 3 is 2.56 bits per heavy atom. The molecule has 0 aliphatic rings. The van der Waals surface area contributed by atoms with Crippen LogP contribution in [0.25, 0.3) is 15.2 Å². The molecule has 2 N–H and O–H groups in total. The van der Waals surface area contributed by atoms with E-state index in [4.69, 9.17) is 9.47 Å². The van der Waals surface area contributed by atoms with Crippen molar-refractivity contribution >= 4 is 27.5 Å². The summed E-state index contributed by atoms with van der Waals surface area (Å²) in [5.74, 6) is -0.732. The molecule has 0 spiro atoms. The van der Waals surface area contributed by atoms with Crippen LogP contribution >= 0.6 is 11.3 Å². The van der Waals surface area contributed by atoms with Gasteiger partial charge in [-0.25, -0.2) is 9.18 Å². The van der Waals surface area contributed by atoms with E-state index in [2.05, 4.69) is 15.5 Å². The van der Waals surface area contributed by atoms with Crippen LogP contribution in [0.1, 0.15) is 31.1 Å². The summed E-state index contributed by atoms with van der Waals surface area (Å²) < 4.78 is 27.7. The first-order valence-electron chi connectivity index (χ1n) is 12.1. The van der Waals surface area contributed by atoms with Crippen molar-refractivity contribution in [2.24, 2.45) is 0 Å². The van der Waals surface area contributed by atoms with Crippen molar-refractivity contribution in [3.05, 3.63) is 68.4 Å². The zero-order chi connectivity index (χ0) is 28.3. The topological polar surface area (TPSA) is 142 Å². The summed E-state index contributed by atoms with van der Waals surface area (Å²) in [6, 6.07) is 3.70. The molecule has 12 nitrogen and oxygen atoms in total. The molecule has 0 aliphatic carbocycles. The predicted octanol–water partition coefficient (Wildman–Crippen LogP) is 1.54. The Morgan fingerprint density at radius 1 is 1.21 bits per heavy atom. The van der Waals surface area contributed by atoms with E-state index in [1.165, 1.54) is 47.1 Å². The van der Waals surface area contributed by atoms with E-state index in [0.717, 1.165) is 15.9 Å². The van der Waals surface area contributed by atoms with Gasteiger partial charge in [0.05, 0.1) is 44.6 Å². The van der Waals surface area contributed by atoms with E-state index >= 15 is 0 Å². The van der Waals surface area contributed by atoms with Crippen LogP contribution in [0.3, 0.4) is 0 Å². The van der Waals surface area contributed by atoms with E-state index in [0.29, 0.717) is 26.7 Å². The van der Waals surface area contributed by atoms with E-state index < -0.39 is 35.6 Å². The maximum absolute atomic E-state index is 14.3. The maximum atomic E-state index is 14.3. The average molecular weight is 561 g/mol. The van der Waals surface area contributed by atoms with Gasteiger partial charge in [0.2, 0.25) is 5.91 Å². The average Bonchev–Trinajstić information content (AvgIpc) is 3.54. The van der Waals surface area contributed by atoms with E-state index in [9.17, 15) is 23.9 Å². The number of nitrogens with one attached hydrogen (secondary N) is 1. The first-order valence-corrected chi connectivity index (χ1v) is 13.0.